The van der Waals surface area contributed by atoms with Crippen LogP contribution in [-0.4, -0.2) is 15.5 Å². The van der Waals surface area contributed by atoms with Crippen molar-refractivity contribution in [2.24, 2.45) is 5.92 Å². The van der Waals surface area contributed by atoms with E-state index in [0.717, 1.165) is 35.7 Å². The van der Waals surface area contributed by atoms with E-state index < -0.39 is 0 Å². The van der Waals surface area contributed by atoms with E-state index in [1.165, 1.54) is 43.2 Å². The molecule has 0 saturated heterocycles. The van der Waals surface area contributed by atoms with Gasteiger partial charge in [0.2, 0.25) is 5.91 Å². The molecule has 152 valence electrons. The minimum atomic E-state index is 0.143. The predicted octanol–water partition coefficient (Wildman–Crippen LogP) is 5.37. The second-order valence-electron chi connectivity index (χ2n) is 8.41. The maximum atomic E-state index is 12.4. The zero-order valence-corrected chi connectivity index (χ0v) is 17.4. The number of imidazole rings is 1. The Bertz CT molecular complexity index is 952. The molecular formula is C25H31N3O. The summed E-state index contributed by atoms with van der Waals surface area (Å²) in [5.74, 6) is 1.79. The second-order valence-corrected chi connectivity index (χ2v) is 8.41. The molecule has 1 heterocycles. The first-order valence-electron chi connectivity index (χ1n) is 11.0. The highest BCUT2D eigenvalue weighted by Crippen LogP contribution is 2.27. The van der Waals surface area contributed by atoms with Crippen LogP contribution >= 0.6 is 0 Å². The Labute approximate surface area is 173 Å². The van der Waals surface area contributed by atoms with Gasteiger partial charge in [-0.05, 0) is 37.0 Å². The first kappa shape index (κ1) is 19.7. The molecule has 1 amide bonds. The summed E-state index contributed by atoms with van der Waals surface area (Å²) in [6.45, 7) is 3.34. The minimum absolute atomic E-state index is 0.143. The van der Waals surface area contributed by atoms with Gasteiger partial charge in [-0.1, -0.05) is 74.1 Å². The quantitative estimate of drug-likeness (QED) is 0.590. The van der Waals surface area contributed by atoms with Crippen LogP contribution < -0.4 is 5.32 Å². The second kappa shape index (κ2) is 9.25. The van der Waals surface area contributed by atoms with Crippen LogP contribution in [0.1, 0.15) is 61.9 Å². The molecule has 4 heteroatoms. The van der Waals surface area contributed by atoms with Crippen molar-refractivity contribution in [2.75, 3.05) is 0 Å². The van der Waals surface area contributed by atoms with Crippen LogP contribution in [0.4, 0.5) is 0 Å². The van der Waals surface area contributed by atoms with E-state index in [-0.39, 0.29) is 5.91 Å². The van der Waals surface area contributed by atoms with Crippen LogP contribution in [-0.2, 0) is 17.9 Å². The van der Waals surface area contributed by atoms with Crippen molar-refractivity contribution in [1.82, 2.24) is 14.9 Å². The third-order valence-electron chi connectivity index (χ3n) is 6.14. The highest BCUT2D eigenvalue weighted by Gasteiger charge is 2.16. The third kappa shape index (κ3) is 5.06. The molecule has 1 aromatic heterocycles. The lowest BCUT2D eigenvalue weighted by molar-refractivity contribution is -0.121. The standard InChI is InChI=1S/C25H31N3O/c1-19-11-13-21(14-12-19)18-28-23-10-6-5-9-22(23)27-24(28)17-26-25(29)16-15-20-7-3-2-4-8-20/h5-6,9-14,20H,2-4,7-8,15-18H2,1H3,(H,26,29). The summed E-state index contributed by atoms with van der Waals surface area (Å²) >= 11 is 0. The number of benzene rings is 2. The molecule has 0 bridgehead atoms. The number of fused-ring (bicyclic) bond motifs is 1. The van der Waals surface area contributed by atoms with Crippen LogP contribution in [0, 0.1) is 12.8 Å². The summed E-state index contributed by atoms with van der Waals surface area (Å²) in [5.41, 5.74) is 4.59. The summed E-state index contributed by atoms with van der Waals surface area (Å²) in [6, 6.07) is 16.8. The van der Waals surface area contributed by atoms with Gasteiger partial charge in [0, 0.05) is 13.0 Å². The van der Waals surface area contributed by atoms with Crippen LogP contribution in [0.2, 0.25) is 0 Å². The molecule has 1 saturated carbocycles. The van der Waals surface area contributed by atoms with Gasteiger partial charge < -0.3 is 9.88 Å². The van der Waals surface area contributed by atoms with Gasteiger partial charge in [0.05, 0.1) is 17.6 Å². The predicted molar refractivity (Wildman–Crippen MR) is 118 cm³/mol. The number of aromatic nitrogens is 2. The molecular weight excluding hydrogens is 358 g/mol. The van der Waals surface area contributed by atoms with E-state index >= 15 is 0 Å². The van der Waals surface area contributed by atoms with Gasteiger partial charge >= 0.3 is 0 Å². The Hall–Kier alpha value is -2.62. The number of nitrogens with zero attached hydrogens (tertiary/aromatic N) is 2. The fourth-order valence-corrected chi connectivity index (χ4v) is 4.39. The van der Waals surface area contributed by atoms with Crippen molar-refractivity contribution in [3.63, 3.8) is 0 Å². The first-order chi connectivity index (χ1) is 14.2. The molecule has 3 aromatic rings. The van der Waals surface area contributed by atoms with E-state index in [1.54, 1.807) is 0 Å². The van der Waals surface area contributed by atoms with Crippen LogP contribution in [0.15, 0.2) is 48.5 Å². The van der Waals surface area contributed by atoms with Crippen LogP contribution in [0.5, 0.6) is 0 Å². The Balaban J connectivity index is 1.43. The fraction of sp³-hybridized carbons (Fsp3) is 0.440. The van der Waals surface area contributed by atoms with Crippen molar-refractivity contribution >= 4 is 16.9 Å². The maximum absolute atomic E-state index is 12.4. The Kier molecular flexibility index (Phi) is 6.28. The molecule has 1 fully saturated rings. The van der Waals surface area contributed by atoms with E-state index in [1.807, 2.05) is 18.2 Å². The van der Waals surface area contributed by atoms with Gasteiger partial charge in [0.15, 0.2) is 0 Å². The Morgan fingerprint density at radius 1 is 1.07 bits per heavy atom. The number of carbonyl (C=O) groups is 1. The molecule has 0 aliphatic heterocycles. The van der Waals surface area contributed by atoms with Gasteiger partial charge in [-0.25, -0.2) is 4.98 Å². The van der Waals surface area contributed by atoms with E-state index in [0.29, 0.717) is 13.0 Å². The van der Waals surface area contributed by atoms with Crippen LogP contribution in [0.25, 0.3) is 11.0 Å². The van der Waals surface area contributed by atoms with Gasteiger partial charge in [0.1, 0.15) is 5.82 Å². The van der Waals surface area contributed by atoms with Crippen molar-refractivity contribution < 1.29 is 4.79 Å². The number of hydrogen-bond acceptors (Lipinski definition) is 2. The molecule has 4 nitrogen and oxygen atoms in total. The number of carbonyl (C=O) groups excluding carboxylic acids is 1. The molecule has 0 atom stereocenters. The average Bonchev–Trinajstić information content (AvgIpc) is 3.10. The molecule has 0 unspecified atom stereocenters. The van der Waals surface area contributed by atoms with Crippen molar-refractivity contribution in [2.45, 2.75) is 65.0 Å². The lowest BCUT2D eigenvalue weighted by atomic mass is 9.86. The normalized spacial score (nSPS) is 14.9. The van der Waals surface area contributed by atoms with Crippen molar-refractivity contribution in [3.05, 3.63) is 65.5 Å². The lowest BCUT2D eigenvalue weighted by Crippen LogP contribution is -2.25. The smallest absolute Gasteiger partial charge is 0.220 e. The lowest BCUT2D eigenvalue weighted by Gasteiger charge is -2.21. The summed E-state index contributed by atoms with van der Waals surface area (Å²) in [7, 11) is 0. The average molecular weight is 390 g/mol. The molecule has 1 aliphatic rings. The summed E-state index contributed by atoms with van der Waals surface area (Å²) in [5, 5.41) is 3.11. The van der Waals surface area contributed by atoms with Crippen molar-refractivity contribution in [3.8, 4) is 0 Å². The number of aryl methyl sites for hydroxylation is 1. The van der Waals surface area contributed by atoms with Crippen LogP contribution in [0.3, 0.4) is 0 Å². The topological polar surface area (TPSA) is 46.9 Å². The van der Waals surface area contributed by atoms with Gasteiger partial charge in [-0.2, -0.15) is 0 Å². The third-order valence-corrected chi connectivity index (χ3v) is 6.14. The number of para-hydroxylation sites is 2. The number of amides is 1. The first-order valence-corrected chi connectivity index (χ1v) is 11.0. The molecule has 2 aromatic carbocycles. The van der Waals surface area contributed by atoms with Gasteiger partial charge in [-0.3, -0.25) is 4.79 Å². The summed E-state index contributed by atoms with van der Waals surface area (Å²) < 4.78 is 2.22. The molecule has 0 spiro atoms. The molecule has 0 radical (unpaired) electrons. The Morgan fingerprint density at radius 2 is 1.83 bits per heavy atom. The Morgan fingerprint density at radius 3 is 2.62 bits per heavy atom. The summed E-state index contributed by atoms with van der Waals surface area (Å²) in [4.78, 5) is 17.2. The van der Waals surface area contributed by atoms with E-state index in [4.69, 9.17) is 4.98 Å². The SMILES string of the molecule is Cc1ccc(Cn2c(CNC(=O)CCC3CCCCC3)nc3ccccc32)cc1. The number of nitrogens with one attached hydrogen (secondary N) is 1. The highest BCUT2D eigenvalue weighted by molar-refractivity contribution is 5.77. The number of rotatable bonds is 7. The van der Waals surface area contributed by atoms with E-state index in [9.17, 15) is 4.79 Å². The summed E-state index contributed by atoms with van der Waals surface area (Å²) in [6.07, 6.45) is 8.25. The zero-order valence-electron chi connectivity index (χ0n) is 17.4. The van der Waals surface area contributed by atoms with E-state index in [2.05, 4.69) is 47.1 Å². The highest BCUT2D eigenvalue weighted by atomic mass is 16.1. The zero-order chi connectivity index (χ0) is 20.1. The monoisotopic (exact) mass is 389 g/mol. The molecule has 1 aliphatic carbocycles. The molecule has 4 rings (SSSR count). The maximum Gasteiger partial charge on any atom is 0.220 e. The number of hydrogen-bond donors (Lipinski definition) is 1. The molecule has 1 N–H and O–H groups in total. The minimum Gasteiger partial charge on any atom is -0.349 e. The fourth-order valence-electron chi connectivity index (χ4n) is 4.39. The van der Waals surface area contributed by atoms with Gasteiger partial charge in [0.25, 0.3) is 0 Å². The van der Waals surface area contributed by atoms with Crippen molar-refractivity contribution in [1.29, 1.82) is 0 Å². The molecule has 29 heavy (non-hydrogen) atoms. The largest absolute Gasteiger partial charge is 0.349 e. The van der Waals surface area contributed by atoms with Gasteiger partial charge in [-0.15, -0.1) is 0 Å².